The van der Waals surface area contributed by atoms with E-state index in [9.17, 15) is 4.79 Å². The smallest absolute Gasteiger partial charge is 0.234 e. The van der Waals surface area contributed by atoms with Gasteiger partial charge in [-0.15, -0.1) is 0 Å². The fourth-order valence-electron chi connectivity index (χ4n) is 4.34. The van der Waals surface area contributed by atoms with Crippen LogP contribution in [0.1, 0.15) is 11.1 Å². The number of morpholine rings is 2. The van der Waals surface area contributed by atoms with E-state index in [1.165, 1.54) is 5.56 Å². The number of fused-ring (bicyclic) bond motifs is 2. The molecule has 2 aliphatic heterocycles. The van der Waals surface area contributed by atoms with Crippen LogP contribution in [-0.4, -0.2) is 80.3 Å². The number of ether oxygens (including phenoxy) is 2. The summed E-state index contributed by atoms with van der Waals surface area (Å²) >= 11 is 0. The van der Waals surface area contributed by atoms with E-state index >= 15 is 0 Å². The Balaban J connectivity index is 1.14. The predicted molar refractivity (Wildman–Crippen MR) is 121 cm³/mol. The van der Waals surface area contributed by atoms with E-state index in [-0.39, 0.29) is 18.1 Å². The van der Waals surface area contributed by atoms with Gasteiger partial charge in [-0.2, -0.15) is 5.26 Å². The van der Waals surface area contributed by atoms with E-state index < -0.39 is 0 Å². The van der Waals surface area contributed by atoms with Crippen LogP contribution in [0, 0.1) is 11.3 Å². The Morgan fingerprint density at radius 1 is 1.03 bits per heavy atom. The fourth-order valence-corrected chi connectivity index (χ4v) is 4.34. The number of carbonyl (C=O) groups is 1. The molecule has 2 saturated heterocycles. The summed E-state index contributed by atoms with van der Waals surface area (Å²) in [5.41, 5.74) is 1.87. The van der Waals surface area contributed by atoms with Crippen molar-refractivity contribution in [2.45, 2.75) is 18.6 Å². The molecule has 7 nitrogen and oxygen atoms in total. The Kier molecular flexibility index (Phi) is 7.73. The molecule has 2 aliphatic rings. The molecule has 2 fully saturated rings. The van der Waals surface area contributed by atoms with Gasteiger partial charge in [-0.05, 0) is 36.2 Å². The van der Waals surface area contributed by atoms with Crippen LogP contribution in [0.25, 0.3) is 0 Å². The van der Waals surface area contributed by atoms with Crippen molar-refractivity contribution >= 4 is 5.91 Å². The Labute approximate surface area is 189 Å². The van der Waals surface area contributed by atoms with Crippen molar-refractivity contribution < 1.29 is 14.3 Å². The third kappa shape index (κ3) is 6.54. The normalized spacial score (nSPS) is 21.0. The van der Waals surface area contributed by atoms with Gasteiger partial charge in [-0.1, -0.05) is 30.3 Å². The molecule has 0 spiro atoms. The summed E-state index contributed by atoms with van der Waals surface area (Å²) < 4.78 is 11.9. The summed E-state index contributed by atoms with van der Waals surface area (Å²) in [5.74, 6) is 0.857. The topological polar surface area (TPSA) is 77.8 Å². The van der Waals surface area contributed by atoms with Gasteiger partial charge in [0.2, 0.25) is 5.91 Å². The van der Waals surface area contributed by atoms with Gasteiger partial charge < -0.3 is 14.8 Å². The number of amides is 1. The highest BCUT2D eigenvalue weighted by Crippen LogP contribution is 2.19. The highest BCUT2D eigenvalue weighted by molar-refractivity contribution is 5.78. The summed E-state index contributed by atoms with van der Waals surface area (Å²) in [6.45, 7) is 5.75. The van der Waals surface area contributed by atoms with Crippen LogP contribution in [0.4, 0.5) is 0 Å². The summed E-state index contributed by atoms with van der Waals surface area (Å²) in [6, 6.07) is 19.5. The minimum absolute atomic E-state index is 0.0774. The van der Waals surface area contributed by atoms with Crippen LogP contribution in [0.15, 0.2) is 54.6 Å². The zero-order chi connectivity index (χ0) is 22.2. The SMILES string of the molecule is N#Cc1ccc(OCCN2CC3CN(CC(=O)NCCc4ccccc4)CC(C2)O3)cc1. The fraction of sp³-hybridized carbons (Fsp3) is 0.440. The summed E-state index contributed by atoms with van der Waals surface area (Å²) in [6.07, 6.45) is 1.09. The first-order valence-electron chi connectivity index (χ1n) is 11.2. The molecule has 2 bridgehead atoms. The maximum atomic E-state index is 12.4. The second-order valence-electron chi connectivity index (χ2n) is 8.40. The van der Waals surface area contributed by atoms with Crippen molar-refractivity contribution in [3.8, 4) is 11.8 Å². The van der Waals surface area contributed by atoms with Crippen LogP contribution in [0.2, 0.25) is 0 Å². The average Bonchev–Trinajstić information content (AvgIpc) is 2.80. The third-order valence-electron chi connectivity index (χ3n) is 5.84. The van der Waals surface area contributed by atoms with Gasteiger partial charge in [0.15, 0.2) is 0 Å². The van der Waals surface area contributed by atoms with Gasteiger partial charge in [0, 0.05) is 39.3 Å². The molecule has 168 valence electrons. The van der Waals surface area contributed by atoms with Crippen molar-refractivity contribution in [3.63, 3.8) is 0 Å². The first-order valence-corrected chi connectivity index (χ1v) is 11.2. The van der Waals surface area contributed by atoms with Crippen LogP contribution in [0.3, 0.4) is 0 Å². The lowest BCUT2D eigenvalue weighted by molar-refractivity contribution is -0.145. The standard InChI is InChI=1S/C25H30N4O3/c26-14-21-6-8-22(9-7-21)31-13-12-28-15-23-17-29(18-24(16-28)32-23)19-25(30)27-11-10-20-4-2-1-3-5-20/h1-9,23-24H,10-13,15-19H2,(H,27,30). The van der Waals surface area contributed by atoms with Gasteiger partial charge in [-0.25, -0.2) is 0 Å². The lowest BCUT2D eigenvalue weighted by Crippen LogP contribution is -2.60. The van der Waals surface area contributed by atoms with Crippen LogP contribution >= 0.6 is 0 Å². The molecular weight excluding hydrogens is 404 g/mol. The maximum absolute atomic E-state index is 12.4. The van der Waals surface area contributed by atoms with Crippen molar-refractivity contribution in [2.24, 2.45) is 0 Å². The molecule has 2 unspecified atom stereocenters. The number of carbonyl (C=O) groups excluding carboxylic acids is 1. The zero-order valence-corrected chi connectivity index (χ0v) is 18.3. The molecule has 2 aromatic carbocycles. The largest absolute Gasteiger partial charge is 0.492 e. The summed E-state index contributed by atoms with van der Waals surface area (Å²) in [7, 11) is 0. The van der Waals surface area contributed by atoms with E-state index in [1.54, 1.807) is 12.1 Å². The van der Waals surface area contributed by atoms with Crippen molar-refractivity contribution in [3.05, 3.63) is 65.7 Å². The molecule has 2 aromatic rings. The van der Waals surface area contributed by atoms with Crippen molar-refractivity contribution in [1.82, 2.24) is 15.1 Å². The van der Waals surface area contributed by atoms with Gasteiger partial charge in [0.25, 0.3) is 0 Å². The Morgan fingerprint density at radius 3 is 2.41 bits per heavy atom. The van der Waals surface area contributed by atoms with Crippen LogP contribution in [0.5, 0.6) is 5.75 Å². The molecule has 1 N–H and O–H groups in total. The predicted octanol–water partition coefficient (Wildman–Crippen LogP) is 1.68. The molecule has 0 aliphatic carbocycles. The van der Waals surface area contributed by atoms with Gasteiger partial charge in [-0.3, -0.25) is 14.6 Å². The van der Waals surface area contributed by atoms with Gasteiger partial charge in [0.05, 0.1) is 30.4 Å². The number of nitrogens with one attached hydrogen (secondary N) is 1. The van der Waals surface area contributed by atoms with Crippen LogP contribution < -0.4 is 10.1 Å². The number of nitriles is 1. The maximum Gasteiger partial charge on any atom is 0.234 e. The summed E-state index contributed by atoms with van der Waals surface area (Å²) in [4.78, 5) is 16.9. The van der Waals surface area contributed by atoms with Crippen LogP contribution in [-0.2, 0) is 16.0 Å². The molecule has 1 amide bonds. The molecule has 0 saturated carbocycles. The molecule has 7 heteroatoms. The van der Waals surface area contributed by atoms with E-state index in [0.717, 1.165) is 44.9 Å². The molecule has 2 heterocycles. The number of rotatable bonds is 9. The molecular formula is C25H30N4O3. The van der Waals surface area contributed by atoms with Crippen molar-refractivity contribution in [1.29, 1.82) is 5.26 Å². The lowest BCUT2D eigenvalue weighted by atomic mass is 10.1. The Bertz CT molecular complexity index is 899. The highest BCUT2D eigenvalue weighted by atomic mass is 16.5. The zero-order valence-electron chi connectivity index (χ0n) is 18.3. The number of hydrogen-bond donors (Lipinski definition) is 1. The highest BCUT2D eigenvalue weighted by Gasteiger charge is 2.35. The minimum atomic E-state index is 0.0774. The van der Waals surface area contributed by atoms with Gasteiger partial charge >= 0.3 is 0 Å². The average molecular weight is 435 g/mol. The molecule has 4 rings (SSSR count). The Morgan fingerprint density at radius 2 is 1.72 bits per heavy atom. The quantitative estimate of drug-likeness (QED) is 0.647. The molecule has 0 aromatic heterocycles. The van der Waals surface area contributed by atoms with Crippen molar-refractivity contribution in [2.75, 3.05) is 52.4 Å². The van der Waals surface area contributed by atoms with E-state index in [0.29, 0.717) is 25.3 Å². The molecule has 2 atom stereocenters. The van der Waals surface area contributed by atoms with Gasteiger partial charge in [0.1, 0.15) is 12.4 Å². The van der Waals surface area contributed by atoms with E-state index in [1.807, 2.05) is 30.3 Å². The van der Waals surface area contributed by atoms with E-state index in [4.69, 9.17) is 14.7 Å². The third-order valence-corrected chi connectivity index (χ3v) is 5.84. The van der Waals surface area contributed by atoms with E-state index in [2.05, 4.69) is 33.3 Å². The number of nitrogens with zero attached hydrogens (tertiary/aromatic N) is 3. The number of hydrogen-bond acceptors (Lipinski definition) is 6. The first kappa shape index (κ1) is 22.3. The number of benzene rings is 2. The molecule has 32 heavy (non-hydrogen) atoms. The Hall–Kier alpha value is -2.92. The minimum Gasteiger partial charge on any atom is -0.492 e. The first-order chi connectivity index (χ1) is 15.7. The molecule has 0 radical (unpaired) electrons. The summed E-state index contributed by atoms with van der Waals surface area (Å²) in [5, 5.41) is 11.9. The monoisotopic (exact) mass is 434 g/mol. The second-order valence-corrected chi connectivity index (χ2v) is 8.40. The second kappa shape index (κ2) is 11.1. The lowest BCUT2D eigenvalue weighted by Gasteiger charge is -2.45.